The maximum Gasteiger partial charge on any atom is 0.244 e. The fourth-order valence-electron chi connectivity index (χ4n) is 2.51. The van der Waals surface area contributed by atoms with Crippen LogP contribution in [0.4, 0.5) is 0 Å². The molecule has 0 radical (unpaired) electrons. The summed E-state index contributed by atoms with van der Waals surface area (Å²) in [4.78, 5) is 26.5. The van der Waals surface area contributed by atoms with Crippen LogP contribution in [0, 0.1) is 5.41 Å². The zero-order chi connectivity index (χ0) is 15.3. The Bertz CT molecular complexity index is 396. The Morgan fingerprint density at radius 1 is 1.45 bits per heavy atom. The molecule has 0 spiro atoms. The Morgan fingerprint density at radius 2 is 2.05 bits per heavy atom. The number of hydrogen-bond donors (Lipinski definition) is 2. The molecule has 0 saturated carbocycles. The van der Waals surface area contributed by atoms with Gasteiger partial charge in [0.1, 0.15) is 6.04 Å². The first-order chi connectivity index (χ1) is 9.44. The number of nitrogens with two attached hydrogens (primary N) is 1. The fraction of sp³-hybridized carbons (Fsp3) is 0.769. The van der Waals surface area contributed by atoms with Crippen molar-refractivity contribution in [2.45, 2.75) is 32.7 Å². The van der Waals surface area contributed by atoms with E-state index in [1.165, 1.54) is 0 Å². The summed E-state index contributed by atoms with van der Waals surface area (Å²) in [6.07, 6.45) is 1.05. The van der Waals surface area contributed by atoms with Gasteiger partial charge in [0.05, 0.1) is 23.6 Å². The second kappa shape index (κ2) is 6.99. The van der Waals surface area contributed by atoms with Gasteiger partial charge >= 0.3 is 0 Å². The van der Waals surface area contributed by atoms with E-state index in [0.717, 1.165) is 0 Å². The normalized spacial score (nSPS) is 19.6. The van der Waals surface area contributed by atoms with Gasteiger partial charge in [0.2, 0.25) is 11.8 Å². The minimum Gasteiger partial charge on any atom is -0.392 e. The Morgan fingerprint density at radius 3 is 2.50 bits per heavy atom. The number of thiocarbonyl (C=S) groups is 1. The summed E-state index contributed by atoms with van der Waals surface area (Å²) in [6, 6.07) is -0.618. The number of hydrogen-bond acceptors (Lipinski definition) is 4. The van der Waals surface area contributed by atoms with Crippen LogP contribution in [0.15, 0.2) is 0 Å². The topological polar surface area (TPSA) is 84.7 Å². The Hall–Kier alpha value is -1.21. The van der Waals surface area contributed by atoms with Gasteiger partial charge in [-0.15, -0.1) is 0 Å². The summed E-state index contributed by atoms with van der Waals surface area (Å²) in [5, 5.41) is 2.56. The Labute approximate surface area is 125 Å². The summed E-state index contributed by atoms with van der Waals surface area (Å²) < 4.78 is 5.31. The molecule has 1 heterocycles. The number of carbonyl (C=O) groups excluding carboxylic acids is 2. The van der Waals surface area contributed by atoms with E-state index in [4.69, 9.17) is 22.7 Å². The lowest BCUT2D eigenvalue weighted by molar-refractivity contribution is -0.153. The molecule has 114 valence electrons. The Kier molecular flexibility index (Phi) is 5.88. The van der Waals surface area contributed by atoms with Gasteiger partial charge in [0, 0.05) is 13.6 Å². The van der Waals surface area contributed by atoms with Crippen LogP contribution in [0.5, 0.6) is 0 Å². The third kappa shape index (κ3) is 2.93. The number of likely N-dealkylation sites (N-methyl/N-ethyl adjacent to an activating group) is 1. The molecule has 7 heteroatoms. The van der Waals surface area contributed by atoms with E-state index >= 15 is 0 Å². The predicted molar refractivity (Wildman–Crippen MR) is 80.2 cm³/mol. The van der Waals surface area contributed by atoms with Crippen molar-refractivity contribution in [3.8, 4) is 0 Å². The van der Waals surface area contributed by atoms with E-state index in [1.807, 2.05) is 13.8 Å². The predicted octanol–water partition coefficient (Wildman–Crippen LogP) is 0.0523. The second-order valence-electron chi connectivity index (χ2n) is 4.86. The molecule has 1 fully saturated rings. The molecule has 0 aliphatic carbocycles. The lowest BCUT2D eigenvalue weighted by atomic mass is 9.80. The highest BCUT2D eigenvalue weighted by Gasteiger charge is 2.45. The first-order valence-corrected chi connectivity index (χ1v) is 7.25. The van der Waals surface area contributed by atoms with E-state index in [1.54, 1.807) is 11.9 Å². The first-order valence-electron chi connectivity index (χ1n) is 6.84. The van der Waals surface area contributed by atoms with Crippen LogP contribution in [0.1, 0.15) is 26.7 Å². The summed E-state index contributed by atoms with van der Waals surface area (Å²) in [5.74, 6) is -0.408. The van der Waals surface area contributed by atoms with Crippen molar-refractivity contribution in [2.75, 3.05) is 26.8 Å². The maximum atomic E-state index is 12.9. The van der Waals surface area contributed by atoms with Crippen molar-refractivity contribution in [3.05, 3.63) is 0 Å². The van der Waals surface area contributed by atoms with Crippen LogP contribution in [-0.2, 0) is 14.3 Å². The third-order valence-electron chi connectivity index (χ3n) is 4.03. The minimum absolute atomic E-state index is 0.174. The molecule has 0 aromatic carbocycles. The van der Waals surface area contributed by atoms with Crippen LogP contribution in [0.2, 0.25) is 0 Å². The standard InChI is InChI=1S/C13H23N3O3S/c1-4-13(5-2,11(14)20)12(18)16-6-7-19-8-9(16)10(17)15-3/h9H,4-8H2,1-3H3,(H2,14,20)(H,15,17). The molecule has 6 nitrogen and oxygen atoms in total. The molecule has 1 aliphatic rings. The summed E-state index contributed by atoms with van der Waals surface area (Å²) in [5.41, 5.74) is 4.93. The monoisotopic (exact) mass is 301 g/mol. The largest absolute Gasteiger partial charge is 0.392 e. The number of nitrogens with zero attached hydrogens (tertiary/aromatic N) is 1. The van der Waals surface area contributed by atoms with Crippen molar-refractivity contribution in [2.24, 2.45) is 11.1 Å². The smallest absolute Gasteiger partial charge is 0.244 e. The SMILES string of the molecule is CCC(CC)(C(=O)N1CCOCC1C(=O)NC)C(N)=S. The molecular weight excluding hydrogens is 278 g/mol. The third-order valence-corrected chi connectivity index (χ3v) is 4.42. The van der Waals surface area contributed by atoms with Gasteiger partial charge in [-0.2, -0.15) is 0 Å². The molecule has 0 aromatic rings. The summed E-state index contributed by atoms with van der Waals surface area (Å²) in [6.45, 7) is 4.76. The number of nitrogens with one attached hydrogen (secondary N) is 1. The van der Waals surface area contributed by atoms with Crippen molar-refractivity contribution < 1.29 is 14.3 Å². The number of morpholine rings is 1. The van der Waals surface area contributed by atoms with Gasteiger partial charge in [-0.1, -0.05) is 26.1 Å². The van der Waals surface area contributed by atoms with Crippen LogP contribution >= 0.6 is 12.2 Å². The molecule has 1 saturated heterocycles. The zero-order valence-corrected chi connectivity index (χ0v) is 13.1. The molecule has 1 atom stereocenters. The van der Waals surface area contributed by atoms with Crippen LogP contribution in [-0.4, -0.2) is 54.6 Å². The molecule has 20 heavy (non-hydrogen) atoms. The highest BCUT2D eigenvalue weighted by Crippen LogP contribution is 2.31. The Balaban J connectivity index is 3.08. The van der Waals surface area contributed by atoms with Crippen LogP contribution in [0.25, 0.3) is 0 Å². The van der Waals surface area contributed by atoms with Crippen LogP contribution < -0.4 is 11.1 Å². The number of ether oxygens (including phenoxy) is 1. The number of rotatable bonds is 5. The van der Waals surface area contributed by atoms with Gasteiger partial charge in [-0.05, 0) is 12.8 Å². The summed E-state index contributed by atoms with van der Waals surface area (Å²) in [7, 11) is 1.54. The molecule has 2 amide bonds. The quantitative estimate of drug-likeness (QED) is 0.701. The maximum absolute atomic E-state index is 12.9. The lowest BCUT2D eigenvalue weighted by Crippen LogP contribution is -2.60. The molecule has 0 aromatic heterocycles. The van der Waals surface area contributed by atoms with Gasteiger partial charge in [0.15, 0.2) is 0 Å². The molecule has 0 bridgehead atoms. The van der Waals surface area contributed by atoms with E-state index in [0.29, 0.717) is 26.0 Å². The molecule has 3 N–H and O–H groups in total. The van der Waals surface area contributed by atoms with E-state index in [2.05, 4.69) is 5.32 Å². The molecule has 1 aliphatic heterocycles. The average molecular weight is 301 g/mol. The summed E-state index contributed by atoms with van der Waals surface area (Å²) >= 11 is 5.10. The molecule has 1 rings (SSSR count). The highest BCUT2D eigenvalue weighted by atomic mass is 32.1. The van der Waals surface area contributed by atoms with E-state index < -0.39 is 11.5 Å². The first kappa shape index (κ1) is 16.8. The van der Waals surface area contributed by atoms with E-state index in [-0.39, 0.29) is 23.4 Å². The number of carbonyl (C=O) groups is 2. The van der Waals surface area contributed by atoms with Gasteiger partial charge < -0.3 is 20.7 Å². The van der Waals surface area contributed by atoms with Crippen molar-refractivity contribution in [1.29, 1.82) is 0 Å². The van der Waals surface area contributed by atoms with Crippen molar-refractivity contribution >= 4 is 29.0 Å². The van der Waals surface area contributed by atoms with E-state index in [9.17, 15) is 9.59 Å². The molecular formula is C13H23N3O3S. The second-order valence-corrected chi connectivity index (χ2v) is 5.30. The molecule has 1 unspecified atom stereocenters. The van der Waals surface area contributed by atoms with Crippen LogP contribution in [0.3, 0.4) is 0 Å². The van der Waals surface area contributed by atoms with Gasteiger partial charge in [0.25, 0.3) is 0 Å². The fourth-order valence-corrected chi connectivity index (χ4v) is 2.89. The minimum atomic E-state index is -0.876. The van der Waals surface area contributed by atoms with Crippen molar-refractivity contribution in [1.82, 2.24) is 10.2 Å². The van der Waals surface area contributed by atoms with Crippen molar-refractivity contribution in [3.63, 3.8) is 0 Å². The van der Waals surface area contributed by atoms with Gasteiger partial charge in [-0.25, -0.2) is 0 Å². The lowest BCUT2D eigenvalue weighted by Gasteiger charge is -2.40. The average Bonchev–Trinajstić information content (AvgIpc) is 2.47. The van der Waals surface area contributed by atoms with Gasteiger partial charge in [-0.3, -0.25) is 9.59 Å². The number of amides is 2. The highest BCUT2D eigenvalue weighted by molar-refractivity contribution is 7.80. The zero-order valence-electron chi connectivity index (χ0n) is 12.3.